The Balaban J connectivity index is 1.98. The van der Waals surface area contributed by atoms with Crippen LogP contribution >= 0.6 is 11.8 Å². The van der Waals surface area contributed by atoms with Gasteiger partial charge < -0.3 is 28.4 Å². The fourth-order valence-corrected chi connectivity index (χ4v) is 4.89. The highest BCUT2D eigenvalue weighted by Crippen LogP contribution is 2.44. The Labute approximate surface area is 269 Å². The van der Waals surface area contributed by atoms with Gasteiger partial charge in [0.15, 0.2) is 12.2 Å². The molecule has 0 fully saturated rings. The molecule has 0 bridgehead atoms. The summed E-state index contributed by atoms with van der Waals surface area (Å²) < 4.78 is 35.1. The summed E-state index contributed by atoms with van der Waals surface area (Å²) in [6.07, 6.45) is 1.86. The predicted molar refractivity (Wildman–Crippen MR) is 177 cm³/mol. The Bertz CT molecular complexity index is 1480. The maximum Gasteiger partial charge on any atom is 0.333 e. The fraction of sp³-hybridized carbons (Fsp3) is 0.278. The van der Waals surface area contributed by atoms with Crippen LogP contribution in [0.4, 0.5) is 0 Å². The lowest BCUT2D eigenvalue weighted by molar-refractivity contribution is -0.149. The molecule has 8 nitrogen and oxygen atoms in total. The molecule has 45 heavy (non-hydrogen) atoms. The Morgan fingerprint density at radius 3 is 1.78 bits per heavy atom. The highest BCUT2D eigenvalue weighted by molar-refractivity contribution is 7.99. The number of hydrogen-bond donors (Lipinski definition) is 0. The number of fused-ring (bicyclic) bond motifs is 1. The maximum absolute atomic E-state index is 12.4. The molecule has 0 aliphatic carbocycles. The molecular formula is C36H40O8S. The monoisotopic (exact) mass is 632 g/mol. The summed E-state index contributed by atoms with van der Waals surface area (Å²) in [5.74, 6) is 0.0958. The zero-order valence-electron chi connectivity index (χ0n) is 25.8. The van der Waals surface area contributed by atoms with Crippen LogP contribution in [0.3, 0.4) is 0 Å². The summed E-state index contributed by atoms with van der Waals surface area (Å²) in [4.78, 5) is 26.4. The smallest absolute Gasteiger partial charge is 0.333 e. The van der Waals surface area contributed by atoms with Gasteiger partial charge in [-0.3, -0.25) is 0 Å². The molecule has 2 unspecified atom stereocenters. The molecule has 9 heteroatoms. The molecule has 0 radical (unpaired) electrons. The lowest BCUT2D eigenvalue weighted by Gasteiger charge is -2.23. The van der Waals surface area contributed by atoms with Gasteiger partial charge in [0.25, 0.3) is 0 Å². The highest BCUT2D eigenvalue weighted by atomic mass is 32.2. The Morgan fingerprint density at radius 1 is 0.733 bits per heavy atom. The number of esters is 2. The Hall–Kier alpha value is -4.31. The first-order valence-corrected chi connectivity index (χ1v) is 15.2. The molecule has 0 heterocycles. The summed E-state index contributed by atoms with van der Waals surface area (Å²) in [5, 5.41) is 1.56. The van der Waals surface area contributed by atoms with Crippen LogP contribution < -0.4 is 9.47 Å². The molecule has 0 aromatic heterocycles. The van der Waals surface area contributed by atoms with Gasteiger partial charge in [0, 0.05) is 26.8 Å². The average Bonchev–Trinajstić information content (AvgIpc) is 3.03. The zero-order chi connectivity index (χ0) is 32.6. The predicted octanol–water partition coefficient (Wildman–Crippen LogP) is 7.13. The molecule has 0 N–H and O–H groups in total. The van der Waals surface area contributed by atoms with E-state index >= 15 is 0 Å². The lowest BCUT2D eigenvalue weighted by Crippen LogP contribution is -2.30. The van der Waals surface area contributed by atoms with E-state index in [2.05, 4.69) is 26.3 Å². The molecule has 3 aromatic rings. The molecule has 3 rings (SSSR count). The van der Waals surface area contributed by atoms with Crippen molar-refractivity contribution in [1.82, 2.24) is 0 Å². The molecule has 238 valence electrons. The van der Waals surface area contributed by atoms with Crippen molar-refractivity contribution in [3.05, 3.63) is 110 Å². The van der Waals surface area contributed by atoms with Gasteiger partial charge in [-0.1, -0.05) is 79.5 Å². The topological polar surface area (TPSA) is 89.5 Å². The first kappa shape index (κ1) is 35.2. The van der Waals surface area contributed by atoms with Crippen LogP contribution in [0.5, 0.6) is 11.5 Å². The van der Waals surface area contributed by atoms with Crippen molar-refractivity contribution in [1.29, 1.82) is 0 Å². The molecule has 2 atom stereocenters. The highest BCUT2D eigenvalue weighted by Gasteiger charge is 2.22. The molecular weight excluding hydrogens is 592 g/mol. The molecule has 0 saturated carbocycles. The van der Waals surface area contributed by atoms with E-state index in [1.54, 1.807) is 26.0 Å². The standard InChI is InChI=1S/C36H40O8S/c1-7-18-39-21-27(43-35(37)25(3)4)23-41-32-20-33(45-29-14-10-9-11-15-29)34(31-17-13-12-16-30(31)32)42-24-28(22-40-19-8-2)44-36(38)26(5)6/h7-17,20,27-28H,1-3,5,18-19,21-24H2,4,6H3. The third-order valence-electron chi connectivity index (χ3n) is 6.06. The van der Waals surface area contributed by atoms with E-state index in [-0.39, 0.29) is 37.6 Å². The van der Waals surface area contributed by atoms with Crippen LogP contribution in [0.2, 0.25) is 0 Å². The second kappa shape index (κ2) is 18.5. The van der Waals surface area contributed by atoms with E-state index in [9.17, 15) is 9.59 Å². The largest absolute Gasteiger partial charge is 0.489 e. The first-order chi connectivity index (χ1) is 21.7. The van der Waals surface area contributed by atoms with Gasteiger partial charge in [0.2, 0.25) is 0 Å². The molecule has 3 aromatic carbocycles. The van der Waals surface area contributed by atoms with Crippen LogP contribution in [0.15, 0.2) is 120 Å². The van der Waals surface area contributed by atoms with Crippen molar-refractivity contribution >= 4 is 34.5 Å². The van der Waals surface area contributed by atoms with E-state index in [0.29, 0.717) is 24.7 Å². The summed E-state index contributed by atoms with van der Waals surface area (Å²) in [5.41, 5.74) is 0.553. The van der Waals surface area contributed by atoms with Gasteiger partial charge in [0.1, 0.15) is 24.7 Å². The number of carbonyl (C=O) groups excluding carboxylic acids is 2. The Morgan fingerprint density at radius 2 is 1.24 bits per heavy atom. The summed E-state index contributed by atoms with van der Waals surface area (Å²) in [7, 11) is 0. The van der Waals surface area contributed by atoms with Crippen LogP contribution in [-0.4, -0.2) is 63.8 Å². The fourth-order valence-electron chi connectivity index (χ4n) is 3.91. The second-order valence-electron chi connectivity index (χ2n) is 10.1. The minimum atomic E-state index is -0.697. The summed E-state index contributed by atoms with van der Waals surface area (Å²) in [6.45, 7) is 18.7. The second-order valence-corrected chi connectivity index (χ2v) is 11.2. The molecule has 0 saturated heterocycles. The molecule has 0 amide bonds. The van der Waals surface area contributed by atoms with Crippen LogP contribution in [0.25, 0.3) is 10.8 Å². The number of ether oxygens (including phenoxy) is 6. The maximum atomic E-state index is 12.4. The van der Waals surface area contributed by atoms with Crippen molar-refractivity contribution in [2.24, 2.45) is 0 Å². The van der Waals surface area contributed by atoms with E-state index < -0.39 is 24.1 Å². The van der Waals surface area contributed by atoms with Gasteiger partial charge in [-0.15, -0.1) is 13.2 Å². The van der Waals surface area contributed by atoms with E-state index in [0.717, 1.165) is 20.6 Å². The Kier molecular flexibility index (Phi) is 14.4. The van der Waals surface area contributed by atoms with E-state index in [4.69, 9.17) is 28.4 Å². The normalized spacial score (nSPS) is 12.0. The van der Waals surface area contributed by atoms with Gasteiger partial charge in [-0.25, -0.2) is 9.59 Å². The van der Waals surface area contributed by atoms with Crippen molar-refractivity contribution in [3.8, 4) is 11.5 Å². The quantitative estimate of drug-likeness (QED) is 0.0559. The molecule has 0 spiro atoms. The van der Waals surface area contributed by atoms with E-state index in [1.807, 2.05) is 60.7 Å². The first-order valence-electron chi connectivity index (χ1n) is 14.4. The average molecular weight is 633 g/mol. The van der Waals surface area contributed by atoms with Gasteiger partial charge in [-0.2, -0.15) is 0 Å². The minimum Gasteiger partial charge on any atom is -0.489 e. The zero-order valence-corrected chi connectivity index (χ0v) is 26.6. The third kappa shape index (κ3) is 11.3. The number of carbonyl (C=O) groups is 2. The SMILES string of the molecule is C=CCOCC(COc1cc(Sc2ccccc2)c(OCC(COCC=C)OC(=O)C(=C)C)c2ccccc12)OC(=O)C(=C)C. The van der Waals surface area contributed by atoms with Crippen LogP contribution in [-0.2, 0) is 28.5 Å². The van der Waals surface area contributed by atoms with Crippen molar-refractivity contribution in [3.63, 3.8) is 0 Å². The van der Waals surface area contributed by atoms with Crippen molar-refractivity contribution in [2.45, 2.75) is 35.8 Å². The van der Waals surface area contributed by atoms with Crippen LogP contribution in [0, 0.1) is 0 Å². The van der Waals surface area contributed by atoms with Gasteiger partial charge in [0.05, 0.1) is 31.3 Å². The molecule has 0 aliphatic rings. The third-order valence-corrected chi connectivity index (χ3v) is 7.09. The lowest BCUT2D eigenvalue weighted by atomic mass is 10.1. The van der Waals surface area contributed by atoms with E-state index in [1.165, 1.54) is 11.8 Å². The van der Waals surface area contributed by atoms with Crippen molar-refractivity contribution < 1.29 is 38.0 Å². The number of hydrogen-bond acceptors (Lipinski definition) is 9. The van der Waals surface area contributed by atoms with Crippen molar-refractivity contribution in [2.75, 3.05) is 39.6 Å². The number of benzene rings is 3. The van der Waals surface area contributed by atoms with Gasteiger partial charge >= 0.3 is 11.9 Å². The molecule has 0 aliphatic heterocycles. The minimum absolute atomic E-state index is 0.0300. The van der Waals surface area contributed by atoms with Crippen LogP contribution in [0.1, 0.15) is 13.8 Å². The van der Waals surface area contributed by atoms with Gasteiger partial charge in [-0.05, 0) is 32.0 Å². The number of rotatable bonds is 20. The summed E-state index contributed by atoms with van der Waals surface area (Å²) in [6, 6.07) is 19.4. The summed E-state index contributed by atoms with van der Waals surface area (Å²) >= 11 is 1.50.